The quantitative estimate of drug-likeness (QED) is 0.724. The van der Waals surface area contributed by atoms with E-state index >= 15 is 0 Å². The first-order valence-corrected chi connectivity index (χ1v) is 8.36. The van der Waals surface area contributed by atoms with Gasteiger partial charge in [-0.1, -0.05) is 55.5 Å². The van der Waals surface area contributed by atoms with E-state index in [1.165, 1.54) is 4.57 Å². The molecule has 0 aliphatic heterocycles. The van der Waals surface area contributed by atoms with Crippen molar-refractivity contribution in [1.82, 2.24) is 4.57 Å². The summed E-state index contributed by atoms with van der Waals surface area (Å²) in [6.45, 7) is 1.63. The molecule has 0 saturated heterocycles. The monoisotopic (exact) mass is 363 g/mol. The largest absolute Gasteiger partial charge is 0.478 e. The molecule has 6 nitrogen and oxygen atoms in total. The smallest absolute Gasteiger partial charge is 0.338 e. The van der Waals surface area contributed by atoms with Crippen molar-refractivity contribution in [2.75, 3.05) is 0 Å². The number of carboxylic acid groups (broad SMARTS) is 2. The van der Waals surface area contributed by atoms with Crippen LogP contribution in [-0.2, 0) is 6.42 Å². The van der Waals surface area contributed by atoms with Crippen molar-refractivity contribution >= 4 is 11.9 Å². The fraction of sp³-hybridized carbons (Fsp3) is 0.0952. The molecule has 27 heavy (non-hydrogen) atoms. The number of nitrogens with zero attached hydrogens (tertiary/aromatic N) is 1. The van der Waals surface area contributed by atoms with Crippen molar-refractivity contribution in [2.24, 2.45) is 0 Å². The van der Waals surface area contributed by atoms with Gasteiger partial charge < -0.3 is 10.2 Å². The number of carbonyl (C=O) groups is 2. The van der Waals surface area contributed by atoms with Crippen molar-refractivity contribution in [3.8, 4) is 16.9 Å². The molecule has 0 atom stereocenters. The lowest BCUT2D eigenvalue weighted by molar-refractivity contribution is 0.0650. The number of hydrogen-bond donors (Lipinski definition) is 2. The molecular formula is C21H17NO5. The Kier molecular flexibility index (Phi) is 4.90. The predicted octanol–water partition coefficient (Wildman–Crippen LogP) is 3.46. The van der Waals surface area contributed by atoms with Gasteiger partial charge in [-0.3, -0.25) is 9.36 Å². The third-order valence-corrected chi connectivity index (χ3v) is 4.32. The van der Waals surface area contributed by atoms with Crippen LogP contribution in [0.4, 0.5) is 0 Å². The molecule has 2 aromatic carbocycles. The molecule has 0 bridgehead atoms. The SMILES string of the molecule is CCc1c(C(=O)O)c(C(=O)O)c(-c2ccccc2)n(-c2ccccc2)c1=O. The van der Waals surface area contributed by atoms with Crippen LogP contribution in [0.2, 0.25) is 0 Å². The van der Waals surface area contributed by atoms with E-state index < -0.39 is 28.6 Å². The number of pyridine rings is 1. The first-order valence-electron chi connectivity index (χ1n) is 8.36. The maximum absolute atomic E-state index is 13.2. The second kappa shape index (κ2) is 7.29. The van der Waals surface area contributed by atoms with E-state index in [2.05, 4.69) is 0 Å². The molecule has 136 valence electrons. The van der Waals surface area contributed by atoms with Gasteiger partial charge in [-0.15, -0.1) is 0 Å². The summed E-state index contributed by atoms with van der Waals surface area (Å²) in [5.41, 5.74) is -0.464. The summed E-state index contributed by atoms with van der Waals surface area (Å²) in [6, 6.07) is 17.1. The first-order chi connectivity index (χ1) is 13.0. The van der Waals surface area contributed by atoms with Gasteiger partial charge >= 0.3 is 11.9 Å². The summed E-state index contributed by atoms with van der Waals surface area (Å²) in [6.07, 6.45) is 0.0999. The van der Waals surface area contributed by atoms with Crippen molar-refractivity contribution in [3.05, 3.63) is 87.7 Å². The Morgan fingerprint density at radius 1 is 0.852 bits per heavy atom. The fourth-order valence-corrected chi connectivity index (χ4v) is 3.19. The molecule has 0 unspecified atom stereocenters. The number of para-hydroxylation sites is 1. The highest BCUT2D eigenvalue weighted by Gasteiger charge is 2.30. The highest BCUT2D eigenvalue weighted by molar-refractivity contribution is 6.07. The number of hydrogen-bond acceptors (Lipinski definition) is 3. The molecule has 0 amide bonds. The topological polar surface area (TPSA) is 96.6 Å². The lowest BCUT2D eigenvalue weighted by Crippen LogP contribution is -2.30. The molecule has 6 heteroatoms. The van der Waals surface area contributed by atoms with Gasteiger partial charge in [0.1, 0.15) is 0 Å². The Balaban J connectivity index is 2.61. The predicted molar refractivity (Wildman–Crippen MR) is 101 cm³/mol. The standard InChI is InChI=1S/C21H17NO5/c1-2-15-16(20(24)25)17(21(26)27)18(13-9-5-3-6-10-13)22(19(15)23)14-11-7-4-8-12-14/h3-12H,2H2,1H3,(H,24,25)(H,26,27). The lowest BCUT2D eigenvalue weighted by Gasteiger charge is -2.20. The zero-order valence-corrected chi connectivity index (χ0v) is 14.5. The number of benzene rings is 2. The molecule has 1 heterocycles. The Morgan fingerprint density at radius 3 is 1.85 bits per heavy atom. The van der Waals surface area contributed by atoms with Gasteiger partial charge in [0, 0.05) is 11.3 Å². The molecule has 0 fully saturated rings. The molecular weight excluding hydrogens is 346 g/mol. The van der Waals surface area contributed by atoms with Crippen LogP contribution in [0.3, 0.4) is 0 Å². The molecule has 0 radical (unpaired) electrons. The molecule has 0 spiro atoms. The highest BCUT2D eigenvalue weighted by Crippen LogP contribution is 2.29. The molecule has 2 N–H and O–H groups in total. The van der Waals surface area contributed by atoms with Gasteiger partial charge in [0.05, 0.1) is 16.8 Å². The van der Waals surface area contributed by atoms with E-state index in [0.717, 1.165) is 0 Å². The number of rotatable bonds is 5. The van der Waals surface area contributed by atoms with Gasteiger partial charge in [-0.05, 0) is 24.1 Å². The van der Waals surface area contributed by atoms with Crippen molar-refractivity contribution in [3.63, 3.8) is 0 Å². The summed E-state index contributed by atoms with van der Waals surface area (Å²) in [7, 11) is 0. The average Bonchev–Trinajstić information content (AvgIpc) is 2.67. The lowest BCUT2D eigenvalue weighted by atomic mass is 9.94. The molecule has 3 rings (SSSR count). The molecule has 1 aromatic heterocycles. The summed E-state index contributed by atoms with van der Waals surface area (Å²) < 4.78 is 1.28. The van der Waals surface area contributed by atoms with Gasteiger partial charge in [-0.25, -0.2) is 9.59 Å². The first kappa shape index (κ1) is 18.1. The van der Waals surface area contributed by atoms with E-state index in [0.29, 0.717) is 11.3 Å². The fourth-order valence-electron chi connectivity index (χ4n) is 3.19. The van der Waals surface area contributed by atoms with E-state index in [1.54, 1.807) is 67.6 Å². The van der Waals surface area contributed by atoms with Gasteiger partial charge in [0.25, 0.3) is 5.56 Å². The van der Waals surface area contributed by atoms with Gasteiger partial charge in [-0.2, -0.15) is 0 Å². The van der Waals surface area contributed by atoms with Crippen LogP contribution in [0.15, 0.2) is 65.5 Å². The maximum atomic E-state index is 13.2. The van der Waals surface area contributed by atoms with Crippen molar-refractivity contribution in [1.29, 1.82) is 0 Å². The summed E-state index contributed by atoms with van der Waals surface area (Å²) in [5.74, 6) is -2.83. The van der Waals surface area contributed by atoms with E-state index in [1.807, 2.05) is 0 Å². The van der Waals surface area contributed by atoms with Crippen LogP contribution in [0.25, 0.3) is 16.9 Å². The molecule has 0 aliphatic carbocycles. The summed E-state index contributed by atoms with van der Waals surface area (Å²) >= 11 is 0. The molecule has 0 saturated carbocycles. The minimum Gasteiger partial charge on any atom is -0.478 e. The zero-order valence-electron chi connectivity index (χ0n) is 14.5. The molecule has 0 aliphatic rings. The highest BCUT2D eigenvalue weighted by atomic mass is 16.4. The Bertz CT molecular complexity index is 1070. The minimum atomic E-state index is -1.43. The number of aromatic carboxylic acids is 2. The van der Waals surface area contributed by atoms with Crippen molar-refractivity contribution in [2.45, 2.75) is 13.3 Å². The Hall–Kier alpha value is -3.67. The van der Waals surface area contributed by atoms with E-state index in [-0.39, 0.29) is 17.7 Å². The van der Waals surface area contributed by atoms with Gasteiger partial charge in [0.15, 0.2) is 0 Å². The van der Waals surface area contributed by atoms with Crippen LogP contribution in [-0.4, -0.2) is 26.7 Å². The Labute approximate surface area is 155 Å². The third-order valence-electron chi connectivity index (χ3n) is 4.32. The second-order valence-electron chi connectivity index (χ2n) is 5.88. The Morgan fingerprint density at radius 2 is 1.37 bits per heavy atom. The van der Waals surface area contributed by atoms with Crippen molar-refractivity contribution < 1.29 is 19.8 Å². The minimum absolute atomic E-state index is 0.0385. The number of carboxylic acids is 2. The van der Waals surface area contributed by atoms with E-state index in [4.69, 9.17) is 0 Å². The summed E-state index contributed by atoms with van der Waals surface area (Å²) in [4.78, 5) is 37.2. The summed E-state index contributed by atoms with van der Waals surface area (Å²) in [5, 5.41) is 19.5. The van der Waals surface area contributed by atoms with Gasteiger partial charge in [0.2, 0.25) is 0 Å². The normalized spacial score (nSPS) is 10.6. The average molecular weight is 363 g/mol. The van der Waals surface area contributed by atoms with E-state index in [9.17, 15) is 24.6 Å². The van der Waals surface area contributed by atoms with Crippen LogP contribution in [0, 0.1) is 0 Å². The molecule has 3 aromatic rings. The van der Waals surface area contributed by atoms with Crippen LogP contribution < -0.4 is 5.56 Å². The van der Waals surface area contributed by atoms with Crippen LogP contribution in [0.5, 0.6) is 0 Å². The second-order valence-corrected chi connectivity index (χ2v) is 5.88. The third kappa shape index (κ3) is 3.13. The number of aromatic nitrogens is 1. The van der Waals surface area contributed by atoms with Crippen LogP contribution in [0.1, 0.15) is 33.2 Å². The van der Waals surface area contributed by atoms with Crippen LogP contribution >= 0.6 is 0 Å². The maximum Gasteiger partial charge on any atom is 0.338 e. The zero-order chi connectivity index (χ0) is 19.6.